The maximum atomic E-state index is 12.9. The third-order valence-corrected chi connectivity index (χ3v) is 4.91. The summed E-state index contributed by atoms with van der Waals surface area (Å²) in [7, 11) is 0. The van der Waals surface area contributed by atoms with Gasteiger partial charge in [-0.3, -0.25) is 9.59 Å². The van der Waals surface area contributed by atoms with E-state index in [-0.39, 0.29) is 23.5 Å². The number of piperidine rings is 1. The van der Waals surface area contributed by atoms with Crippen molar-refractivity contribution in [3.05, 3.63) is 54.0 Å². The number of carbonyl (C=O) groups is 2. The van der Waals surface area contributed by atoms with E-state index in [0.29, 0.717) is 31.1 Å². The Balaban J connectivity index is 1.48. The Bertz CT molecular complexity index is 824. The molecule has 1 aromatic heterocycles. The number of nitrogens with one attached hydrogen (secondary N) is 1. The predicted octanol–water partition coefficient (Wildman–Crippen LogP) is 3.67. The van der Waals surface area contributed by atoms with Gasteiger partial charge in [0.05, 0.1) is 5.92 Å². The molecular weight excluding hydrogens is 373 g/mol. The Labute approximate surface area is 170 Å². The van der Waals surface area contributed by atoms with Gasteiger partial charge in [0.1, 0.15) is 11.6 Å². The van der Waals surface area contributed by atoms with Crippen LogP contribution in [0.3, 0.4) is 0 Å². The van der Waals surface area contributed by atoms with Crippen molar-refractivity contribution in [1.82, 2.24) is 15.2 Å². The van der Waals surface area contributed by atoms with E-state index >= 15 is 0 Å². The number of nitrogens with zero attached hydrogens (tertiary/aromatic N) is 2. The summed E-state index contributed by atoms with van der Waals surface area (Å²) in [4.78, 5) is 30.6. The second-order valence-electron chi connectivity index (χ2n) is 7.21. The minimum absolute atomic E-state index is 0.0364. The van der Waals surface area contributed by atoms with Crippen LogP contribution in [0, 0.1) is 11.7 Å². The highest BCUT2D eigenvalue weighted by Crippen LogP contribution is 2.20. The first-order valence-corrected chi connectivity index (χ1v) is 9.99. The normalized spacial score (nSPS) is 16.3. The molecule has 1 aliphatic rings. The van der Waals surface area contributed by atoms with Crippen LogP contribution in [0.15, 0.2) is 42.6 Å². The Morgan fingerprint density at radius 3 is 2.72 bits per heavy atom. The molecule has 0 radical (unpaired) electrons. The largest absolute Gasteiger partial charge is 0.439 e. The summed E-state index contributed by atoms with van der Waals surface area (Å²) >= 11 is 0. The molecule has 0 saturated carbocycles. The molecule has 1 fully saturated rings. The van der Waals surface area contributed by atoms with Crippen LogP contribution in [-0.4, -0.2) is 34.8 Å². The molecule has 3 rings (SSSR count). The first-order chi connectivity index (χ1) is 14.0. The van der Waals surface area contributed by atoms with Crippen LogP contribution in [0.25, 0.3) is 0 Å². The predicted molar refractivity (Wildman–Crippen MR) is 107 cm³/mol. The van der Waals surface area contributed by atoms with Gasteiger partial charge in [0.25, 0.3) is 0 Å². The van der Waals surface area contributed by atoms with Crippen molar-refractivity contribution in [2.75, 3.05) is 13.1 Å². The smallest absolute Gasteiger partial charge is 0.225 e. The highest BCUT2D eigenvalue weighted by molar-refractivity contribution is 5.81. The Morgan fingerprint density at radius 1 is 1.24 bits per heavy atom. The SMILES string of the molecule is CCCC(=O)N1CCCC(C(=O)NCc2ccc(Oc3ccc(F)cc3)nc2)C1. The van der Waals surface area contributed by atoms with Gasteiger partial charge >= 0.3 is 0 Å². The van der Waals surface area contributed by atoms with E-state index in [4.69, 9.17) is 4.74 Å². The van der Waals surface area contributed by atoms with Crippen LogP contribution in [0.5, 0.6) is 11.6 Å². The molecule has 2 heterocycles. The molecule has 1 N–H and O–H groups in total. The minimum atomic E-state index is -0.327. The fourth-order valence-electron chi connectivity index (χ4n) is 3.32. The van der Waals surface area contributed by atoms with Crippen molar-refractivity contribution in [2.24, 2.45) is 5.92 Å². The molecule has 6 nitrogen and oxygen atoms in total. The topological polar surface area (TPSA) is 71.5 Å². The average Bonchev–Trinajstić information content (AvgIpc) is 2.75. The molecule has 2 amide bonds. The Morgan fingerprint density at radius 2 is 2.03 bits per heavy atom. The van der Waals surface area contributed by atoms with Crippen LogP contribution < -0.4 is 10.1 Å². The maximum Gasteiger partial charge on any atom is 0.225 e. The molecule has 2 aromatic rings. The number of amides is 2. The fraction of sp³-hybridized carbons (Fsp3) is 0.409. The van der Waals surface area contributed by atoms with E-state index in [1.54, 1.807) is 17.2 Å². The number of halogens is 1. The van der Waals surface area contributed by atoms with E-state index in [1.807, 2.05) is 13.0 Å². The fourth-order valence-corrected chi connectivity index (χ4v) is 3.32. The lowest BCUT2D eigenvalue weighted by atomic mass is 9.96. The monoisotopic (exact) mass is 399 g/mol. The van der Waals surface area contributed by atoms with Crippen LogP contribution in [0.1, 0.15) is 38.2 Å². The number of hydrogen-bond donors (Lipinski definition) is 1. The second kappa shape index (κ2) is 10.0. The van der Waals surface area contributed by atoms with Crippen molar-refractivity contribution >= 4 is 11.8 Å². The quantitative estimate of drug-likeness (QED) is 0.771. The van der Waals surface area contributed by atoms with E-state index in [1.165, 1.54) is 24.3 Å². The molecule has 0 spiro atoms. The summed E-state index contributed by atoms with van der Waals surface area (Å²) in [5.74, 6) is 0.492. The third-order valence-electron chi connectivity index (χ3n) is 4.91. The third kappa shape index (κ3) is 6.01. The van der Waals surface area contributed by atoms with Crippen LogP contribution >= 0.6 is 0 Å². The summed E-state index contributed by atoms with van der Waals surface area (Å²) < 4.78 is 18.5. The molecule has 1 atom stereocenters. The number of pyridine rings is 1. The zero-order valence-corrected chi connectivity index (χ0v) is 16.6. The Kier molecular flexibility index (Phi) is 7.16. The lowest BCUT2D eigenvalue weighted by Gasteiger charge is -2.32. The minimum Gasteiger partial charge on any atom is -0.439 e. The molecule has 0 bridgehead atoms. The highest BCUT2D eigenvalue weighted by atomic mass is 19.1. The summed E-state index contributed by atoms with van der Waals surface area (Å²) in [5.41, 5.74) is 0.847. The molecule has 0 aliphatic carbocycles. The van der Waals surface area contributed by atoms with Crippen LogP contribution in [0.4, 0.5) is 4.39 Å². The molecule has 1 saturated heterocycles. The van der Waals surface area contributed by atoms with Gasteiger partial charge in [0, 0.05) is 38.3 Å². The number of hydrogen-bond acceptors (Lipinski definition) is 4. The van der Waals surface area contributed by atoms with Crippen molar-refractivity contribution in [2.45, 2.75) is 39.2 Å². The van der Waals surface area contributed by atoms with E-state index in [9.17, 15) is 14.0 Å². The van der Waals surface area contributed by atoms with Crippen molar-refractivity contribution < 1.29 is 18.7 Å². The maximum absolute atomic E-state index is 12.9. The summed E-state index contributed by atoms with van der Waals surface area (Å²) in [6.45, 7) is 3.58. The summed E-state index contributed by atoms with van der Waals surface area (Å²) in [5, 5.41) is 2.94. The van der Waals surface area contributed by atoms with Gasteiger partial charge in [-0.25, -0.2) is 9.37 Å². The zero-order chi connectivity index (χ0) is 20.6. The Hall–Kier alpha value is -2.96. The number of likely N-dealkylation sites (tertiary alicyclic amines) is 1. The number of benzene rings is 1. The van der Waals surface area contributed by atoms with Gasteiger partial charge in [0.2, 0.25) is 17.7 Å². The number of ether oxygens (including phenoxy) is 1. The molecule has 1 aromatic carbocycles. The number of carbonyl (C=O) groups excluding carboxylic acids is 2. The van der Waals surface area contributed by atoms with Gasteiger partial charge in [-0.1, -0.05) is 13.0 Å². The second-order valence-corrected chi connectivity index (χ2v) is 7.21. The lowest BCUT2D eigenvalue weighted by Crippen LogP contribution is -2.45. The van der Waals surface area contributed by atoms with E-state index in [2.05, 4.69) is 10.3 Å². The first-order valence-electron chi connectivity index (χ1n) is 9.99. The molecule has 1 aliphatic heterocycles. The van der Waals surface area contributed by atoms with Gasteiger partial charge < -0.3 is 15.0 Å². The zero-order valence-electron chi connectivity index (χ0n) is 16.6. The first kappa shape index (κ1) is 20.8. The van der Waals surface area contributed by atoms with Crippen molar-refractivity contribution in [3.8, 4) is 11.6 Å². The highest BCUT2D eigenvalue weighted by Gasteiger charge is 2.27. The summed E-state index contributed by atoms with van der Waals surface area (Å²) in [6, 6.07) is 9.23. The van der Waals surface area contributed by atoms with Gasteiger partial charge in [-0.15, -0.1) is 0 Å². The molecular formula is C22H26FN3O3. The molecule has 1 unspecified atom stereocenters. The number of aromatic nitrogens is 1. The molecule has 29 heavy (non-hydrogen) atoms. The standard InChI is InChI=1S/C22H26FN3O3/c1-2-4-21(27)26-12-3-5-17(15-26)22(28)25-14-16-6-11-20(24-13-16)29-19-9-7-18(23)8-10-19/h6-11,13,17H,2-5,12,14-15H2,1H3,(H,25,28). The van der Waals surface area contributed by atoms with Crippen LogP contribution in [-0.2, 0) is 16.1 Å². The van der Waals surface area contributed by atoms with Crippen molar-refractivity contribution in [1.29, 1.82) is 0 Å². The molecule has 154 valence electrons. The van der Waals surface area contributed by atoms with Crippen LogP contribution in [0.2, 0.25) is 0 Å². The average molecular weight is 399 g/mol. The van der Waals surface area contributed by atoms with Gasteiger partial charge in [-0.05, 0) is 49.1 Å². The van der Waals surface area contributed by atoms with Gasteiger partial charge in [0.15, 0.2) is 0 Å². The van der Waals surface area contributed by atoms with Crippen molar-refractivity contribution in [3.63, 3.8) is 0 Å². The number of rotatable bonds is 7. The van der Waals surface area contributed by atoms with E-state index < -0.39 is 0 Å². The molecule has 7 heteroatoms. The summed E-state index contributed by atoms with van der Waals surface area (Å²) in [6.07, 6.45) is 4.64. The van der Waals surface area contributed by atoms with E-state index in [0.717, 1.165) is 31.4 Å². The lowest BCUT2D eigenvalue weighted by molar-refractivity contribution is -0.135. The van der Waals surface area contributed by atoms with Gasteiger partial charge in [-0.2, -0.15) is 0 Å².